The van der Waals surface area contributed by atoms with Crippen molar-refractivity contribution in [2.24, 2.45) is 0 Å². The van der Waals surface area contributed by atoms with Crippen LogP contribution in [0.2, 0.25) is 0 Å². The highest BCUT2D eigenvalue weighted by Gasteiger charge is 2.26. The van der Waals surface area contributed by atoms with Crippen LogP contribution in [0.15, 0.2) is 83.8 Å². The summed E-state index contributed by atoms with van der Waals surface area (Å²) < 4.78 is 29.1. The van der Waals surface area contributed by atoms with Gasteiger partial charge in [-0.25, -0.2) is 8.42 Å². The number of nitrogens with zero attached hydrogens (tertiary/aromatic N) is 2. The van der Waals surface area contributed by atoms with E-state index in [1.165, 1.54) is 0 Å². The highest BCUT2D eigenvalue weighted by molar-refractivity contribution is 7.92. The molecule has 5 nitrogen and oxygen atoms in total. The molecule has 1 aliphatic rings. The number of hydrogen-bond donors (Lipinski definition) is 1. The molecule has 1 unspecified atom stereocenters. The second kappa shape index (κ2) is 10.2. The van der Waals surface area contributed by atoms with Gasteiger partial charge < -0.3 is 4.90 Å². The minimum Gasteiger partial charge on any atom is -0.304 e. The number of nitrogens with one attached hydrogen (secondary N) is 1. The van der Waals surface area contributed by atoms with E-state index in [2.05, 4.69) is 33.4 Å². The highest BCUT2D eigenvalue weighted by atomic mass is 32.2. The molecule has 0 bridgehead atoms. The number of para-hydroxylation sites is 1. The molecule has 170 valence electrons. The Bertz CT molecular complexity index is 1240. The third kappa shape index (κ3) is 5.82. The normalized spacial score (nSPS) is 15.9. The Morgan fingerprint density at radius 1 is 0.848 bits per heavy atom. The molecule has 1 aliphatic heterocycles. The summed E-state index contributed by atoms with van der Waals surface area (Å²) in [7, 11) is -1.60. The first-order chi connectivity index (χ1) is 15.9. The van der Waals surface area contributed by atoms with E-state index >= 15 is 0 Å². The van der Waals surface area contributed by atoms with Crippen LogP contribution in [0.4, 0.5) is 5.69 Å². The third-order valence-electron chi connectivity index (χ3n) is 5.86. The summed E-state index contributed by atoms with van der Waals surface area (Å²) >= 11 is 0. The number of sulfonamides is 1. The minimum absolute atomic E-state index is 0.226. The molecule has 0 radical (unpaired) electrons. The van der Waals surface area contributed by atoms with Crippen LogP contribution in [0.1, 0.15) is 22.7 Å². The van der Waals surface area contributed by atoms with Crippen molar-refractivity contribution in [3.8, 4) is 11.8 Å². The van der Waals surface area contributed by atoms with Gasteiger partial charge in [0.15, 0.2) is 0 Å². The fraction of sp³-hybridized carbons (Fsp3) is 0.259. The lowest BCUT2D eigenvalue weighted by Crippen LogP contribution is -2.45. The topological polar surface area (TPSA) is 52.7 Å². The molecule has 3 aromatic carbocycles. The molecule has 1 fully saturated rings. The number of anilines is 1. The number of piperazine rings is 1. The number of hydrogen-bond acceptors (Lipinski definition) is 4. The van der Waals surface area contributed by atoms with Crippen molar-refractivity contribution in [2.75, 3.05) is 37.9 Å². The van der Waals surface area contributed by atoms with Gasteiger partial charge in [-0.05, 0) is 44.3 Å². The second-order valence-corrected chi connectivity index (χ2v) is 10.1. The minimum atomic E-state index is -3.72. The third-order valence-corrected chi connectivity index (χ3v) is 7.24. The molecule has 1 heterocycles. The Hall–Kier alpha value is -3.11. The van der Waals surface area contributed by atoms with Gasteiger partial charge in [-0.2, -0.15) is 0 Å². The van der Waals surface area contributed by atoms with Crippen LogP contribution in [0, 0.1) is 18.8 Å². The second-order valence-electron chi connectivity index (χ2n) is 8.38. The van der Waals surface area contributed by atoms with Crippen LogP contribution < -0.4 is 4.72 Å². The summed E-state index contributed by atoms with van der Waals surface area (Å²) in [6, 6.07) is 24.1. The monoisotopic (exact) mass is 459 g/mol. The molecule has 0 saturated carbocycles. The van der Waals surface area contributed by atoms with E-state index in [9.17, 15) is 8.42 Å². The van der Waals surface area contributed by atoms with Gasteiger partial charge >= 0.3 is 0 Å². The summed E-state index contributed by atoms with van der Waals surface area (Å²) in [6.45, 7) is 5.56. The predicted octanol–water partition coefficient (Wildman–Crippen LogP) is 4.14. The van der Waals surface area contributed by atoms with E-state index < -0.39 is 10.0 Å². The van der Waals surface area contributed by atoms with Crippen LogP contribution in [-0.4, -0.2) is 51.4 Å². The molecule has 4 rings (SSSR count). The van der Waals surface area contributed by atoms with Crippen molar-refractivity contribution in [3.63, 3.8) is 0 Å². The molecule has 0 amide bonds. The van der Waals surface area contributed by atoms with Crippen molar-refractivity contribution in [3.05, 3.63) is 95.6 Å². The van der Waals surface area contributed by atoms with Crippen molar-refractivity contribution in [1.82, 2.24) is 9.80 Å². The Balaban J connectivity index is 1.70. The van der Waals surface area contributed by atoms with Crippen molar-refractivity contribution < 1.29 is 8.42 Å². The maximum atomic E-state index is 13.1. The Labute approximate surface area is 197 Å². The van der Waals surface area contributed by atoms with E-state index in [0.29, 0.717) is 5.69 Å². The molecule has 0 aromatic heterocycles. The van der Waals surface area contributed by atoms with Crippen LogP contribution in [0.3, 0.4) is 0 Å². The number of benzene rings is 3. The van der Waals surface area contributed by atoms with E-state index in [4.69, 9.17) is 0 Å². The van der Waals surface area contributed by atoms with Crippen molar-refractivity contribution >= 4 is 15.7 Å². The van der Waals surface area contributed by atoms with E-state index in [0.717, 1.165) is 42.9 Å². The van der Waals surface area contributed by atoms with Gasteiger partial charge in [0, 0.05) is 37.3 Å². The summed E-state index contributed by atoms with van der Waals surface area (Å²) in [5.74, 6) is 6.73. The van der Waals surface area contributed by atoms with Gasteiger partial charge in [-0.1, -0.05) is 65.9 Å². The molecular formula is C27H29N3O2S. The molecule has 6 heteroatoms. The number of aryl methyl sites for hydroxylation is 1. The van der Waals surface area contributed by atoms with Crippen LogP contribution in [0.5, 0.6) is 0 Å². The van der Waals surface area contributed by atoms with Crippen LogP contribution in [0.25, 0.3) is 0 Å². The van der Waals surface area contributed by atoms with Gasteiger partial charge in [-0.3, -0.25) is 9.62 Å². The summed E-state index contributed by atoms with van der Waals surface area (Å²) in [4.78, 5) is 4.87. The van der Waals surface area contributed by atoms with Gasteiger partial charge in [0.25, 0.3) is 10.0 Å². The standard InChI is InChI=1S/C27H29N3O2S/c1-22-12-15-24(16-13-22)33(31,32)28-26-11-7-6-10-25(26)27(30-20-18-29(2)19-21-30)17-14-23-8-4-3-5-9-23/h3-13,15-16,27-28H,18-21H2,1-2H3. The lowest BCUT2D eigenvalue weighted by atomic mass is 10.0. The first-order valence-electron chi connectivity index (χ1n) is 11.1. The van der Waals surface area contributed by atoms with Crippen molar-refractivity contribution in [2.45, 2.75) is 17.9 Å². The summed E-state index contributed by atoms with van der Waals surface area (Å²) in [5, 5.41) is 0. The molecule has 0 spiro atoms. The zero-order valence-electron chi connectivity index (χ0n) is 19.0. The molecule has 3 aromatic rings. The number of likely N-dealkylation sites (N-methyl/N-ethyl adjacent to an activating group) is 1. The lowest BCUT2D eigenvalue weighted by molar-refractivity contribution is 0.134. The first kappa shape index (κ1) is 23.1. The average Bonchev–Trinajstić information content (AvgIpc) is 2.82. The summed E-state index contributed by atoms with van der Waals surface area (Å²) in [5.41, 5.74) is 3.38. The maximum absolute atomic E-state index is 13.1. The molecule has 1 N–H and O–H groups in total. The zero-order chi connectivity index (χ0) is 23.3. The highest BCUT2D eigenvalue weighted by Crippen LogP contribution is 2.30. The molecule has 1 atom stereocenters. The fourth-order valence-electron chi connectivity index (χ4n) is 3.87. The molecular weight excluding hydrogens is 430 g/mol. The van der Waals surface area contributed by atoms with Gasteiger partial charge in [-0.15, -0.1) is 0 Å². The van der Waals surface area contributed by atoms with Gasteiger partial charge in [0.1, 0.15) is 0 Å². The van der Waals surface area contributed by atoms with Crippen LogP contribution >= 0.6 is 0 Å². The lowest BCUT2D eigenvalue weighted by Gasteiger charge is -2.36. The molecule has 0 aliphatic carbocycles. The smallest absolute Gasteiger partial charge is 0.261 e. The van der Waals surface area contributed by atoms with Gasteiger partial charge in [0.2, 0.25) is 0 Å². The fourth-order valence-corrected chi connectivity index (χ4v) is 4.96. The zero-order valence-corrected chi connectivity index (χ0v) is 19.8. The predicted molar refractivity (Wildman–Crippen MR) is 134 cm³/mol. The Morgan fingerprint density at radius 3 is 2.18 bits per heavy atom. The number of rotatable bonds is 5. The van der Waals surface area contributed by atoms with E-state index in [-0.39, 0.29) is 10.9 Å². The van der Waals surface area contributed by atoms with Gasteiger partial charge in [0.05, 0.1) is 16.6 Å². The molecule has 1 saturated heterocycles. The largest absolute Gasteiger partial charge is 0.304 e. The molecule has 33 heavy (non-hydrogen) atoms. The SMILES string of the molecule is Cc1ccc(S(=O)(=O)Nc2ccccc2C(C#Cc2ccccc2)N2CCN(C)CC2)cc1. The maximum Gasteiger partial charge on any atom is 0.261 e. The summed E-state index contributed by atoms with van der Waals surface area (Å²) in [6.07, 6.45) is 0. The average molecular weight is 460 g/mol. The van der Waals surface area contributed by atoms with Crippen LogP contribution in [-0.2, 0) is 10.0 Å². The van der Waals surface area contributed by atoms with E-state index in [1.807, 2.05) is 61.5 Å². The van der Waals surface area contributed by atoms with Crippen molar-refractivity contribution in [1.29, 1.82) is 0 Å². The Morgan fingerprint density at radius 2 is 1.48 bits per heavy atom. The Kier molecular flexibility index (Phi) is 7.14. The first-order valence-corrected chi connectivity index (χ1v) is 12.6. The van der Waals surface area contributed by atoms with E-state index in [1.54, 1.807) is 24.3 Å². The quantitative estimate of drug-likeness (QED) is 0.583.